The van der Waals surface area contributed by atoms with E-state index >= 15 is 0 Å². The van der Waals surface area contributed by atoms with Crippen molar-refractivity contribution in [1.29, 1.82) is 0 Å². The van der Waals surface area contributed by atoms with Gasteiger partial charge >= 0.3 is 6.09 Å². The van der Waals surface area contributed by atoms with Crippen molar-refractivity contribution in [3.63, 3.8) is 0 Å². The van der Waals surface area contributed by atoms with Crippen molar-refractivity contribution in [3.8, 4) is 0 Å². The van der Waals surface area contributed by atoms with Crippen molar-refractivity contribution >= 4 is 17.9 Å². The highest BCUT2D eigenvalue weighted by molar-refractivity contribution is 7.98. The summed E-state index contributed by atoms with van der Waals surface area (Å²) in [6, 6.07) is 7.98. The lowest BCUT2D eigenvalue weighted by Gasteiger charge is -2.11. The van der Waals surface area contributed by atoms with Crippen LogP contribution in [-0.2, 0) is 4.74 Å². The number of benzene rings is 1. The van der Waals surface area contributed by atoms with Gasteiger partial charge in [0.2, 0.25) is 0 Å². The summed E-state index contributed by atoms with van der Waals surface area (Å²) >= 11 is 1.66. The molecule has 0 radical (unpaired) electrons. The van der Waals surface area contributed by atoms with Crippen LogP contribution < -0.4 is 5.32 Å². The molecule has 74 valence electrons. The smallest absolute Gasteiger partial charge is 0.407 e. The lowest BCUT2D eigenvalue weighted by Crippen LogP contribution is -2.12. The molecule has 1 aromatic rings. The van der Waals surface area contributed by atoms with Crippen molar-refractivity contribution in [3.05, 3.63) is 29.8 Å². The summed E-state index contributed by atoms with van der Waals surface area (Å²) in [5, 5.41) is 2.65. The van der Waals surface area contributed by atoms with Gasteiger partial charge in [-0.1, -0.05) is 18.2 Å². The number of nitrogens with one attached hydrogen (secondary N) is 1. The summed E-state index contributed by atoms with van der Waals surface area (Å²) in [6.07, 6.45) is 1.56. The maximum atomic E-state index is 10.9. The van der Waals surface area contributed by atoms with Crippen LogP contribution in [-0.4, -0.2) is 18.9 Å². The summed E-state index contributed by atoms with van der Waals surface area (Å²) in [7, 11) is 0. The third-order valence-electron chi connectivity index (χ3n) is 2.17. The summed E-state index contributed by atoms with van der Waals surface area (Å²) in [5.74, 6) is 0. The largest absolute Gasteiger partial charge is 0.439 e. The van der Waals surface area contributed by atoms with Crippen LogP contribution in [0.4, 0.5) is 4.79 Å². The minimum Gasteiger partial charge on any atom is -0.439 e. The first kappa shape index (κ1) is 9.40. The van der Waals surface area contributed by atoms with E-state index in [2.05, 4.69) is 5.32 Å². The quantitative estimate of drug-likeness (QED) is 0.759. The zero-order chi connectivity index (χ0) is 9.97. The number of cyclic esters (lactones) is 1. The topological polar surface area (TPSA) is 38.3 Å². The molecule has 3 nitrogen and oxygen atoms in total. The number of amides is 1. The first-order chi connectivity index (χ1) is 6.81. The summed E-state index contributed by atoms with van der Waals surface area (Å²) in [5.41, 5.74) is 1.08. The fourth-order valence-corrected chi connectivity index (χ4v) is 2.14. The van der Waals surface area contributed by atoms with Gasteiger partial charge in [0.05, 0.1) is 6.54 Å². The average molecular weight is 209 g/mol. The minimum absolute atomic E-state index is 0.133. The van der Waals surface area contributed by atoms with Crippen molar-refractivity contribution in [2.75, 3.05) is 12.8 Å². The van der Waals surface area contributed by atoms with Gasteiger partial charge in [0, 0.05) is 10.5 Å². The Hall–Kier alpha value is -1.16. The monoisotopic (exact) mass is 209 g/mol. The highest BCUT2D eigenvalue weighted by Gasteiger charge is 2.25. The summed E-state index contributed by atoms with van der Waals surface area (Å²) in [6.45, 7) is 0.566. The lowest BCUT2D eigenvalue weighted by atomic mass is 10.1. The Morgan fingerprint density at radius 2 is 2.29 bits per heavy atom. The Morgan fingerprint density at radius 1 is 1.50 bits per heavy atom. The van der Waals surface area contributed by atoms with E-state index in [9.17, 15) is 4.79 Å². The third kappa shape index (κ3) is 1.70. The standard InChI is InChI=1S/C10H11NO2S/c1-14-9-5-3-2-4-7(9)8-6-11-10(12)13-8/h2-5,8H,6H2,1H3,(H,11,12). The zero-order valence-corrected chi connectivity index (χ0v) is 8.64. The highest BCUT2D eigenvalue weighted by Crippen LogP contribution is 2.29. The maximum absolute atomic E-state index is 10.9. The fraction of sp³-hybridized carbons (Fsp3) is 0.300. The summed E-state index contributed by atoms with van der Waals surface area (Å²) < 4.78 is 5.13. The van der Waals surface area contributed by atoms with E-state index in [0.29, 0.717) is 6.54 Å². The SMILES string of the molecule is CSc1ccccc1C1CNC(=O)O1. The van der Waals surface area contributed by atoms with Gasteiger partial charge in [-0.05, 0) is 12.3 Å². The molecule has 1 saturated heterocycles. The van der Waals surface area contributed by atoms with Crippen LogP contribution >= 0.6 is 11.8 Å². The van der Waals surface area contributed by atoms with Crippen LogP contribution in [0.3, 0.4) is 0 Å². The van der Waals surface area contributed by atoms with Crippen molar-refractivity contribution in [2.45, 2.75) is 11.0 Å². The number of rotatable bonds is 2. The number of carbonyl (C=O) groups is 1. The highest BCUT2D eigenvalue weighted by atomic mass is 32.2. The van der Waals surface area contributed by atoms with E-state index in [1.54, 1.807) is 11.8 Å². The molecule has 1 amide bonds. The van der Waals surface area contributed by atoms with E-state index in [4.69, 9.17) is 4.74 Å². The van der Waals surface area contributed by atoms with Crippen LogP contribution in [0.2, 0.25) is 0 Å². The second kappa shape index (κ2) is 3.92. The fourth-order valence-electron chi connectivity index (χ4n) is 1.49. The molecule has 1 atom stereocenters. The first-order valence-electron chi connectivity index (χ1n) is 4.38. The van der Waals surface area contributed by atoms with Gasteiger partial charge in [-0.2, -0.15) is 0 Å². The number of carbonyl (C=O) groups excluding carboxylic acids is 1. The Bertz CT molecular complexity index is 354. The van der Waals surface area contributed by atoms with Crippen LogP contribution in [0.5, 0.6) is 0 Å². The molecule has 0 aromatic heterocycles. The van der Waals surface area contributed by atoms with E-state index < -0.39 is 0 Å². The Kier molecular flexibility index (Phi) is 2.63. The molecule has 0 saturated carbocycles. The zero-order valence-electron chi connectivity index (χ0n) is 7.82. The van der Waals surface area contributed by atoms with Gasteiger partial charge in [-0.15, -0.1) is 11.8 Å². The molecule has 14 heavy (non-hydrogen) atoms. The van der Waals surface area contributed by atoms with E-state index in [1.807, 2.05) is 30.5 Å². The van der Waals surface area contributed by atoms with Crippen LogP contribution in [0.1, 0.15) is 11.7 Å². The molecule has 1 aliphatic rings. The molecular formula is C10H11NO2S. The lowest BCUT2D eigenvalue weighted by molar-refractivity contribution is 0.140. The van der Waals surface area contributed by atoms with Gasteiger partial charge in [-0.25, -0.2) is 4.79 Å². The Balaban J connectivity index is 2.27. The molecule has 1 fully saturated rings. The molecule has 1 unspecified atom stereocenters. The van der Waals surface area contributed by atoms with E-state index in [1.165, 1.54) is 0 Å². The Morgan fingerprint density at radius 3 is 2.93 bits per heavy atom. The molecule has 2 rings (SSSR count). The predicted octanol–water partition coefficient (Wildman–Crippen LogP) is 2.19. The molecule has 0 spiro atoms. The molecule has 0 aliphatic carbocycles. The van der Waals surface area contributed by atoms with Crippen molar-refractivity contribution < 1.29 is 9.53 Å². The molecule has 1 aliphatic heterocycles. The third-order valence-corrected chi connectivity index (χ3v) is 2.98. The number of alkyl carbamates (subject to hydrolysis) is 1. The van der Waals surface area contributed by atoms with Gasteiger partial charge < -0.3 is 10.1 Å². The second-order valence-corrected chi connectivity index (χ2v) is 3.86. The average Bonchev–Trinajstić information content (AvgIpc) is 2.65. The molecule has 1 N–H and O–H groups in total. The number of hydrogen-bond donors (Lipinski definition) is 1. The summed E-state index contributed by atoms with van der Waals surface area (Å²) in [4.78, 5) is 12.0. The van der Waals surface area contributed by atoms with Gasteiger partial charge in [0.25, 0.3) is 0 Å². The van der Waals surface area contributed by atoms with Crippen molar-refractivity contribution in [2.24, 2.45) is 0 Å². The number of hydrogen-bond acceptors (Lipinski definition) is 3. The minimum atomic E-state index is -0.328. The number of ether oxygens (including phenoxy) is 1. The predicted molar refractivity (Wildman–Crippen MR) is 55.4 cm³/mol. The van der Waals surface area contributed by atoms with Gasteiger partial charge in [0.15, 0.2) is 0 Å². The van der Waals surface area contributed by atoms with Crippen molar-refractivity contribution in [1.82, 2.24) is 5.32 Å². The van der Waals surface area contributed by atoms with Gasteiger partial charge in [0.1, 0.15) is 6.10 Å². The van der Waals surface area contributed by atoms with Gasteiger partial charge in [-0.3, -0.25) is 0 Å². The van der Waals surface area contributed by atoms with Crippen LogP contribution in [0.15, 0.2) is 29.2 Å². The maximum Gasteiger partial charge on any atom is 0.407 e. The second-order valence-electron chi connectivity index (χ2n) is 3.02. The Labute approximate surface area is 86.8 Å². The first-order valence-corrected chi connectivity index (χ1v) is 5.61. The molecule has 1 aromatic carbocycles. The molecule has 4 heteroatoms. The molecule has 1 heterocycles. The van der Waals surface area contributed by atoms with Crippen LogP contribution in [0.25, 0.3) is 0 Å². The molecule has 0 bridgehead atoms. The molecular weight excluding hydrogens is 198 g/mol. The van der Waals surface area contributed by atoms with Crippen LogP contribution in [0, 0.1) is 0 Å². The van der Waals surface area contributed by atoms with E-state index in [-0.39, 0.29) is 12.2 Å². The number of thioether (sulfide) groups is 1. The normalized spacial score (nSPS) is 20.4. The van der Waals surface area contributed by atoms with E-state index in [0.717, 1.165) is 10.5 Å².